The average molecular weight is 243 g/mol. The second-order valence-corrected chi connectivity index (χ2v) is 3.42. The number of allylic oxidation sites excluding steroid dienone is 1. The first kappa shape index (κ1) is 9.31. The highest BCUT2D eigenvalue weighted by molar-refractivity contribution is 9.10. The Bertz CT molecular complexity index is 352. The fourth-order valence-corrected chi connectivity index (χ4v) is 1.58. The van der Waals surface area contributed by atoms with Crippen LogP contribution in [-0.2, 0) is 0 Å². The first-order chi connectivity index (χ1) is 5.74. The maximum atomic E-state index is 8.29. The summed E-state index contributed by atoms with van der Waals surface area (Å²) in [4.78, 5) is 0. The molecule has 1 aromatic carbocycles. The molecule has 0 atom stereocenters. The third-order valence-electron chi connectivity index (χ3n) is 1.30. The van der Waals surface area contributed by atoms with Gasteiger partial charge in [0.25, 0.3) is 0 Å². The quantitative estimate of drug-likeness (QED) is 0.690. The molecule has 0 amide bonds. The van der Waals surface area contributed by atoms with E-state index in [1.807, 2.05) is 12.1 Å². The Morgan fingerprint density at radius 2 is 2.25 bits per heavy atom. The first-order valence-electron chi connectivity index (χ1n) is 3.25. The number of nitriles is 1. The standard InChI is InChI=1S/C9H5BrClN/c10-9-6-8(11)4-3-7(9)2-1-5-12/h1-4,6H/b2-1+. The Balaban J connectivity index is 3.03. The van der Waals surface area contributed by atoms with Crippen LogP contribution in [0.25, 0.3) is 6.08 Å². The lowest BCUT2D eigenvalue weighted by molar-refractivity contribution is 1.53. The summed E-state index contributed by atoms with van der Waals surface area (Å²) in [5.74, 6) is 0. The number of rotatable bonds is 1. The molecule has 1 aromatic rings. The summed E-state index contributed by atoms with van der Waals surface area (Å²) in [5, 5.41) is 8.97. The second kappa shape index (κ2) is 4.30. The number of benzene rings is 1. The van der Waals surface area contributed by atoms with Crippen molar-refractivity contribution < 1.29 is 0 Å². The molecule has 1 rings (SSSR count). The van der Waals surface area contributed by atoms with E-state index in [9.17, 15) is 0 Å². The molecule has 0 fully saturated rings. The van der Waals surface area contributed by atoms with Crippen molar-refractivity contribution >= 4 is 33.6 Å². The van der Waals surface area contributed by atoms with Crippen LogP contribution in [0.3, 0.4) is 0 Å². The monoisotopic (exact) mass is 241 g/mol. The molecule has 12 heavy (non-hydrogen) atoms. The van der Waals surface area contributed by atoms with Gasteiger partial charge in [0.1, 0.15) is 0 Å². The zero-order chi connectivity index (χ0) is 8.97. The molecule has 0 aliphatic rings. The Kier molecular flexibility index (Phi) is 3.33. The summed E-state index contributed by atoms with van der Waals surface area (Å²) in [5.41, 5.74) is 0.945. The molecule has 0 radical (unpaired) electrons. The van der Waals surface area contributed by atoms with E-state index in [4.69, 9.17) is 16.9 Å². The fourth-order valence-electron chi connectivity index (χ4n) is 0.764. The highest BCUT2D eigenvalue weighted by atomic mass is 79.9. The van der Waals surface area contributed by atoms with Crippen LogP contribution in [0.4, 0.5) is 0 Å². The number of nitrogens with zero attached hydrogens (tertiary/aromatic N) is 1. The Morgan fingerprint density at radius 1 is 1.50 bits per heavy atom. The maximum absolute atomic E-state index is 8.29. The Hall–Kier alpha value is -0.780. The molecule has 0 aromatic heterocycles. The molecule has 0 saturated carbocycles. The lowest BCUT2D eigenvalue weighted by atomic mass is 10.2. The van der Waals surface area contributed by atoms with Crippen LogP contribution in [0.5, 0.6) is 0 Å². The van der Waals surface area contributed by atoms with Crippen LogP contribution in [0.1, 0.15) is 5.56 Å². The molecular weight excluding hydrogens is 237 g/mol. The SMILES string of the molecule is N#C/C=C/c1ccc(Cl)cc1Br. The fraction of sp³-hybridized carbons (Fsp3) is 0. The van der Waals surface area contributed by atoms with Crippen molar-refractivity contribution in [2.75, 3.05) is 0 Å². The minimum atomic E-state index is 0.677. The van der Waals surface area contributed by atoms with E-state index in [1.54, 1.807) is 18.2 Å². The van der Waals surface area contributed by atoms with Crippen molar-refractivity contribution in [2.45, 2.75) is 0 Å². The van der Waals surface area contributed by atoms with Gasteiger partial charge in [-0.15, -0.1) is 0 Å². The lowest BCUT2D eigenvalue weighted by Crippen LogP contribution is -1.74. The van der Waals surface area contributed by atoms with E-state index in [-0.39, 0.29) is 0 Å². The van der Waals surface area contributed by atoms with Gasteiger partial charge in [-0.2, -0.15) is 5.26 Å². The van der Waals surface area contributed by atoms with Crippen LogP contribution < -0.4 is 0 Å². The molecule has 0 aliphatic heterocycles. The molecule has 0 saturated heterocycles. The first-order valence-corrected chi connectivity index (χ1v) is 4.42. The molecule has 3 heteroatoms. The topological polar surface area (TPSA) is 23.8 Å². The van der Waals surface area contributed by atoms with E-state index in [0.29, 0.717) is 5.02 Å². The number of halogens is 2. The van der Waals surface area contributed by atoms with Crippen LogP contribution in [0.15, 0.2) is 28.7 Å². The molecule has 60 valence electrons. The smallest absolute Gasteiger partial charge is 0.0912 e. The van der Waals surface area contributed by atoms with Crippen molar-refractivity contribution in [3.8, 4) is 6.07 Å². The second-order valence-electron chi connectivity index (χ2n) is 2.13. The molecule has 1 nitrogen and oxygen atoms in total. The molecule has 0 spiro atoms. The van der Waals surface area contributed by atoms with Crippen molar-refractivity contribution in [3.05, 3.63) is 39.3 Å². The minimum absolute atomic E-state index is 0.677. The zero-order valence-corrected chi connectivity index (χ0v) is 8.43. The zero-order valence-electron chi connectivity index (χ0n) is 6.09. The third-order valence-corrected chi connectivity index (χ3v) is 2.22. The van der Waals surface area contributed by atoms with Gasteiger partial charge in [-0.3, -0.25) is 0 Å². The number of hydrogen-bond donors (Lipinski definition) is 0. The highest BCUT2D eigenvalue weighted by Crippen LogP contribution is 2.22. The Labute approximate surface area is 84.4 Å². The van der Waals surface area contributed by atoms with Gasteiger partial charge in [0.15, 0.2) is 0 Å². The van der Waals surface area contributed by atoms with E-state index in [1.165, 1.54) is 6.08 Å². The van der Waals surface area contributed by atoms with Crippen molar-refractivity contribution in [2.24, 2.45) is 0 Å². The molecule has 0 heterocycles. The molecule has 0 N–H and O–H groups in total. The van der Waals surface area contributed by atoms with Crippen LogP contribution in [0, 0.1) is 11.3 Å². The summed E-state index contributed by atoms with van der Waals surface area (Å²) < 4.78 is 0.890. The molecule has 0 bridgehead atoms. The van der Waals surface area contributed by atoms with E-state index >= 15 is 0 Å². The van der Waals surface area contributed by atoms with Crippen LogP contribution >= 0.6 is 27.5 Å². The predicted octanol–water partition coefficient (Wildman–Crippen LogP) is 3.64. The highest BCUT2D eigenvalue weighted by Gasteiger charge is 1.95. The molecular formula is C9H5BrClN. The number of hydrogen-bond acceptors (Lipinski definition) is 1. The summed E-state index contributed by atoms with van der Waals surface area (Å²) >= 11 is 9.06. The van der Waals surface area contributed by atoms with Gasteiger partial charge in [0, 0.05) is 15.6 Å². The largest absolute Gasteiger partial charge is 0.193 e. The van der Waals surface area contributed by atoms with Crippen molar-refractivity contribution in [3.63, 3.8) is 0 Å². The van der Waals surface area contributed by atoms with Gasteiger partial charge in [-0.05, 0) is 23.8 Å². The van der Waals surface area contributed by atoms with Gasteiger partial charge < -0.3 is 0 Å². The van der Waals surface area contributed by atoms with E-state index in [0.717, 1.165) is 10.0 Å². The normalized spacial score (nSPS) is 10.1. The summed E-state index contributed by atoms with van der Waals surface area (Å²) in [6.45, 7) is 0. The van der Waals surface area contributed by atoms with Gasteiger partial charge in [-0.25, -0.2) is 0 Å². The lowest BCUT2D eigenvalue weighted by Gasteiger charge is -1.97. The molecule has 0 aliphatic carbocycles. The Morgan fingerprint density at radius 3 is 2.83 bits per heavy atom. The van der Waals surface area contributed by atoms with Crippen molar-refractivity contribution in [1.29, 1.82) is 5.26 Å². The third kappa shape index (κ3) is 2.37. The summed E-state index contributed by atoms with van der Waals surface area (Å²) in [7, 11) is 0. The van der Waals surface area contributed by atoms with Gasteiger partial charge in [0.05, 0.1) is 6.07 Å². The molecule has 0 unspecified atom stereocenters. The predicted molar refractivity (Wildman–Crippen MR) is 53.8 cm³/mol. The van der Waals surface area contributed by atoms with Crippen molar-refractivity contribution in [1.82, 2.24) is 0 Å². The summed E-state index contributed by atoms with van der Waals surface area (Å²) in [6.07, 6.45) is 3.15. The maximum Gasteiger partial charge on any atom is 0.0912 e. The van der Waals surface area contributed by atoms with Gasteiger partial charge in [-0.1, -0.05) is 33.6 Å². The van der Waals surface area contributed by atoms with E-state index < -0.39 is 0 Å². The van der Waals surface area contributed by atoms with E-state index in [2.05, 4.69) is 15.9 Å². The van der Waals surface area contributed by atoms with Crippen LogP contribution in [-0.4, -0.2) is 0 Å². The van der Waals surface area contributed by atoms with Crippen LogP contribution in [0.2, 0.25) is 5.02 Å². The van der Waals surface area contributed by atoms with Gasteiger partial charge in [0.2, 0.25) is 0 Å². The average Bonchev–Trinajstić information content (AvgIpc) is 2.03. The van der Waals surface area contributed by atoms with Gasteiger partial charge >= 0.3 is 0 Å². The minimum Gasteiger partial charge on any atom is -0.193 e. The summed E-state index contributed by atoms with van der Waals surface area (Å²) in [6, 6.07) is 7.34.